The first-order valence-electron chi connectivity index (χ1n) is 8.77. The summed E-state index contributed by atoms with van der Waals surface area (Å²) in [6.45, 7) is 3.71. The molecule has 0 aromatic heterocycles. The molecule has 2 aromatic rings. The molecule has 8 heteroatoms. The Morgan fingerprint density at radius 2 is 1.04 bits per heavy atom. The molecule has 1 aliphatic heterocycles. The zero-order valence-electron chi connectivity index (χ0n) is 15.3. The van der Waals surface area contributed by atoms with Gasteiger partial charge in [0.1, 0.15) is 0 Å². The van der Waals surface area contributed by atoms with Crippen molar-refractivity contribution in [2.24, 2.45) is 0 Å². The third-order valence-corrected chi connectivity index (χ3v) is 5.48. The summed E-state index contributed by atoms with van der Waals surface area (Å²) in [5, 5.41) is 5.60. The van der Waals surface area contributed by atoms with E-state index < -0.39 is 12.5 Å². The number of amides is 2. The van der Waals surface area contributed by atoms with E-state index >= 15 is 0 Å². The predicted molar refractivity (Wildman–Crippen MR) is 112 cm³/mol. The number of benzene rings is 2. The van der Waals surface area contributed by atoms with Gasteiger partial charge in [0.05, 0.1) is 12.2 Å². The molecule has 0 saturated carbocycles. The fraction of sp³-hybridized carbons (Fsp3) is 0.300. The Balaban J connectivity index is 1.72. The van der Waals surface area contributed by atoms with Crippen LogP contribution in [0.3, 0.4) is 0 Å². The zero-order chi connectivity index (χ0) is 20.3. The lowest BCUT2D eigenvalue weighted by Crippen LogP contribution is -2.61. The molecule has 2 N–H and O–H groups in total. The Labute approximate surface area is 180 Å². The predicted octanol–water partition coefficient (Wildman–Crippen LogP) is 3.85. The molecular formula is C20H20Br2N2O4. The number of nitrogens with one attached hydrogen (secondary N) is 2. The van der Waals surface area contributed by atoms with Crippen molar-refractivity contribution in [3.8, 4) is 0 Å². The van der Waals surface area contributed by atoms with E-state index in [1.807, 2.05) is 13.8 Å². The number of halogens is 2. The molecule has 2 aromatic carbocycles. The molecule has 1 saturated heterocycles. The number of carbonyl (C=O) groups is 2. The van der Waals surface area contributed by atoms with Crippen molar-refractivity contribution in [2.45, 2.75) is 38.5 Å². The molecule has 4 atom stereocenters. The third-order valence-electron chi connectivity index (χ3n) is 4.42. The lowest BCUT2D eigenvalue weighted by atomic mass is 10.2. The van der Waals surface area contributed by atoms with Crippen molar-refractivity contribution < 1.29 is 19.1 Å². The highest BCUT2D eigenvalue weighted by atomic mass is 79.9. The van der Waals surface area contributed by atoms with Gasteiger partial charge in [-0.05, 0) is 62.4 Å². The van der Waals surface area contributed by atoms with Gasteiger partial charge in [0, 0.05) is 20.1 Å². The van der Waals surface area contributed by atoms with Crippen molar-refractivity contribution in [1.82, 2.24) is 10.6 Å². The lowest BCUT2D eigenvalue weighted by molar-refractivity contribution is -0.220. The standard InChI is InChI=1S/C20H20Br2N2O4/c1-11-12(2)28-20(24-18(26)14-5-9-16(22)10-6-14)19(27-11)23-17(25)13-3-7-15(21)8-4-13/h3-12,19-20H,1-2H3,(H,23,25)(H,24,26). The van der Waals surface area contributed by atoms with Gasteiger partial charge >= 0.3 is 0 Å². The molecule has 3 rings (SSSR count). The van der Waals surface area contributed by atoms with Crippen molar-refractivity contribution in [3.63, 3.8) is 0 Å². The van der Waals surface area contributed by atoms with Crippen molar-refractivity contribution >= 4 is 43.7 Å². The van der Waals surface area contributed by atoms with Crippen LogP contribution in [0.15, 0.2) is 57.5 Å². The maximum Gasteiger partial charge on any atom is 0.253 e. The molecule has 0 spiro atoms. The highest BCUT2D eigenvalue weighted by molar-refractivity contribution is 9.10. The minimum atomic E-state index is -0.818. The fourth-order valence-corrected chi connectivity index (χ4v) is 3.20. The van der Waals surface area contributed by atoms with E-state index in [1.54, 1.807) is 48.5 Å². The summed E-state index contributed by atoms with van der Waals surface area (Å²) in [5.41, 5.74) is 0.965. The van der Waals surface area contributed by atoms with E-state index in [1.165, 1.54) is 0 Å². The third kappa shape index (κ3) is 5.20. The first-order valence-corrected chi connectivity index (χ1v) is 10.4. The van der Waals surface area contributed by atoms with Crippen LogP contribution in [0.1, 0.15) is 34.6 Å². The molecule has 4 unspecified atom stereocenters. The fourth-order valence-electron chi connectivity index (χ4n) is 2.67. The number of hydrogen-bond acceptors (Lipinski definition) is 4. The summed E-state index contributed by atoms with van der Waals surface area (Å²) >= 11 is 6.69. The molecule has 1 fully saturated rings. The average molecular weight is 512 g/mol. The van der Waals surface area contributed by atoms with Crippen LogP contribution in [0.25, 0.3) is 0 Å². The smallest absolute Gasteiger partial charge is 0.253 e. The van der Waals surface area contributed by atoms with Gasteiger partial charge in [0.25, 0.3) is 11.8 Å². The first kappa shape index (κ1) is 21.0. The SMILES string of the molecule is CC1OC(NC(=O)c2ccc(Br)cc2)C(NC(=O)c2ccc(Br)cc2)OC1C. The first-order chi connectivity index (χ1) is 13.3. The van der Waals surface area contributed by atoms with Crippen LogP contribution in [0, 0.1) is 0 Å². The van der Waals surface area contributed by atoms with E-state index in [0.29, 0.717) is 11.1 Å². The monoisotopic (exact) mass is 510 g/mol. The second kappa shape index (κ2) is 9.17. The quantitative estimate of drug-likeness (QED) is 0.653. The van der Waals surface area contributed by atoms with Crippen molar-refractivity contribution in [1.29, 1.82) is 0 Å². The minimum Gasteiger partial charge on any atom is -0.348 e. The molecular weight excluding hydrogens is 492 g/mol. The van der Waals surface area contributed by atoms with E-state index in [9.17, 15) is 9.59 Å². The Bertz CT molecular complexity index is 771. The summed E-state index contributed by atoms with van der Waals surface area (Å²) in [4.78, 5) is 25.1. The summed E-state index contributed by atoms with van der Waals surface area (Å²) < 4.78 is 13.5. The number of hydrogen-bond donors (Lipinski definition) is 2. The number of carbonyl (C=O) groups excluding carboxylic acids is 2. The largest absolute Gasteiger partial charge is 0.348 e. The van der Waals surface area contributed by atoms with Gasteiger partial charge < -0.3 is 20.1 Å². The van der Waals surface area contributed by atoms with Crippen molar-refractivity contribution in [2.75, 3.05) is 0 Å². The molecule has 0 bridgehead atoms. The Morgan fingerprint density at radius 3 is 1.36 bits per heavy atom. The summed E-state index contributed by atoms with van der Waals surface area (Å²) in [6.07, 6.45) is -2.12. The average Bonchev–Trinajstić information content (AvgIpc) is 2.66. The molecule has 2 amide bonds. The van der Waals surface area contributed by atoms with E-state index in [0.717, 1.165) is 8.95 Å². The molecule has 148 valence electrons. The Morgan fingerprint density at radius 1 is 0.714 bits per heavy atom. The maximum atomic E-state index is 12.6. The Hall–Kier alpha value is -1.74. The lowest BCUT2D eigenvalue weighted by Gasteiger charge is -2.39. The van der Waals surface area contributed by atoms with Gasteiger partial charge in [-0.1, -0.05) is 31.9 Å². The Kier molecular flexibility index (Phi) is 6.87. The maximum absolute atomic E-state index is 12.6. The van der Waals surface area contributed by atoms with Gasteiger partial charge in [-0.15, -0.1) is 0 Å². The van der Waals surface area contributed by atoms with Crippen LogP contribution >= 0.6 is 31.9 Å². The minimum absolute atomic E-state index is 0.240. The van der Waals surface area contributed by atoms with Crippen LogP contribution in [0.4, 0.5) is 0 Å². The summed E-state index contributed by atoms with van der Waals surface area (Å²) in [5.74, 6) is -0.628. The summed E-state index contributed by atoms with van der Waals surface area (Å²) in [7, 11) is 0. The topological polar surface area (TPSA) is 76.7 Å². The highest BCUT2D eigenvalue weighted by Gasteiger charge is 2.37. The molecule has 6 nitrogen and oxygen atoms in total. The van der Waals surface area contributed by atoms with Gasteiger partial charge in [-0.3, -0.25) is 9.59 Å². The molecule has 0 radical (unpaired) electrons. The zero-order valence-corrected chi connectivity index (χ0v) is 18.5. The molecule has 1 aliphatic rings. The van der Waals surface area contributed by atoms with Crippen LogP contribution in [-0.2, 0) is 9.47 Å². The second-order valence-corrected chi connectivity index (χ2v) is 8.32. The van der Waals surface area contributed by atoms with Gasteiger partial charge in [-0.2, -0.15) is 0 Å². The van der Waals surface area contributed by atoms with E-state index in [2.05, 4.69) is 42.5 Å². The molecule has 28 heavy (non-hydrogen) atoms. The summed E-state index contributed by atoms with van der Waals surface area (Å²) in [6, 6.07) is 13.9. The van der Waals surface area contributed by atoms with E-state index in [4.69, 9.17) is 9.47 Å². The second-order valence-electron chi connectivity index (χ2n) is 6.48. The van der Waals surface area contributed by atoms with Crippen LogP contribution in [-0.4, -0.2) is 36.5 Å². The number of rotatable bonds is 4. The molecule has 0 aliphatic carbocycles. The van der Waals surface area contributed by atoms with Gasteiger partial charge in [0.2, 0.25) is 0 Å². The van der Waals surface area contributed by atoms with Crippen LogP contribution in [0.2, 0.25) is 0 Å². The van der Waals surface area contributed by atoms with Gasteiger partial charge in [0.15, 0.2) is 12.5 Å². The van der Waals surface area contributed by atoms with Gasteiger partial charge in [-0.25, -0.2) is 0 Å². The highest BCUT2D eigenvalue weighted by Crippen LogP contribution is 2.19. The number of ether oxygens (including phenoxy) is 2. The van der Waals surface area contributed by atoms with Crippen molar-refractivity contribution in [3.05, 3.63) is 68.6 Å². The van der Waals surface area contributed by atoms with E-state index in [-0.39, 0.29) is 24.0 Å². The normalized spacial score (nSPS) is 24.4. The van der Waals surface area contributed by atoms with Crippen LogP contribution in [0.5, 0.6) is 0 Å². The van der Waals surface area contributed by atoms with Crippen LogP contribution < -0.4 is 10.6 Å². The molecule has 1 heterocycles.